The van der Waals surface area contributed by atoms with Gasteiger partial charge in [0.05, 0.1) is 0 Å². The van der Waals surface area contributed by atoms with Gasteiger partial charge in [-0.05, 0) is 42.3 Å². The zero-order valence-corrected chi connectivity index (χ0v) is 13.2. The largest absolute Gasteiger partial charge is 0.369 e. The Kier molecular flexibility index (Phi) is 5.08. The molecule has 0 saturated carbocycles. The van der Waals surface area contributed by atoms with Crippen molar-refractivity contribution in [1.29, 1.82) is 0 Å². The third-order valence-corrected chi connectivity index (χ3v) is 3.99. The molecule has 6 nitrogen and oxygen atoms in total. The number of anilines is 2. The van der Waals surface area contributed by atoms with Crippen LogP contribution in [-0.4, -0.2) is 35.2 Å². The first kappa shape index (κ1) is 16.0. The molecule has 1 amide bonds. The second kappa shape index (κ2) is 7.61. The third kappa shape index (κ3) is 4.11. The standard InChI is InChI=1S/C18H20N4O2/c23-18(21-24)9-7-14-6-8-17(19-12-14)20-15-10-11-22(13-15)16-4-2-1-3-5-16/h1-9,12,15,24H,10-11,13H2,(H,19,20)(H,21,23)/t15-/m1/s1. The average Bonchev–Trinajstić information content (AvgIpc) is 3.10. The van der Waals surface area contributed by atoms with Gasteiger partial charge in [-0.2, -0.15) is 0 Å². The summed E-state index contributed by atoms with van der Waals surface area (Å²) in [6, 6.07) is 14.5. The van der Waals surface area contributed by atoms with Crippen molar-refractivity contribution in [3.8, 4) is 0 Å². The molecule has 1 aliphatic heterocycles. The number of rotatable bonds is 5. The lowest BCUT2D eigenvalue weighted by Crippen LogP contribution is -2.26. The number of aromatic nitrogens is 1. The molecule has 0 radical (unpaired) electrons. The highest BCUT2D eigenvalue weighted by Gasteiger charge is 2.22. The zero-order valence-electron chi connectivity index (χ0n) is 13.2. The van der Waals surface area contributed by atoms with Crippen molar-refractivity contribution in [1.82, 2.24) is 10.5 Å². The van der Waals surface area contributed by atoms with E-state index >= 15 is 0 Å². The second-order valence-electron chi connectivity index (χ2n) is 5.70. The van der Waals surface area contributed by atoms with Gasteiger partial charge in [0, 0.05) is 37.1 Å². The highest BCUT2D eigenvalue weighted by molar-refractivity contribution is 5.90. The van der Waals surface area contributed by atoms with Crippen molar-refractivity contribution >= 4 is 23.5 Å². The molecule has 3 N–H and O–H groups in total. The Morgan fingerprint density at radius 2 is 2.08 bits per heavy atom. The summed E-state index contributed by atoms with van der Waals surface area (Å²) in [4.78, 5) is 17.7. The minimum atomic E-state index is -0.566. The summed E-state index contributed by atoms with van der Waals surface area (Å²) in [5, 5.41) is 11.9. The molecule has 24 heavy (non-hydrogen) atoms. The van der Waals surface area contributed by atoms with Crippen LogP contribution in [0.1, 0.15) is 12.0 Å². The van der Waals surface area contributed by atoms with E-state index in [2.05, 4.69) is 39.5 Å². The predicted molar refractivity (Wildman–Crippen MR) is 93.9 cm³/mol. The minimum absolute atomic E-state index is 0.360. The van der Waals surface area contributed by atoms with E-state index in [0.29, 0.717) is 6.04 Å². The van der Waals surface area contributed by atoms with E-state index in [1.54, 1.807) is 17.8 Å². The van der Waals surface area contributed by atoms with Crippen molar-refractivity contribution in [2.45, 2.75) is 12.5 Å². The van der Waals surface area contributed by atoms with Crippen molar-refractivity contribution in [2.24, 2.45) is 0 Å². The summed E-state index contributed by atoms with van der Waals surface area (Å²) >= 11 is 0. The zero-order chi connectivity index (χ0) is 16.8. The maximum atomic E-state index is 10.9. The van der Waals surface area contributed by atoms with Crippen LogP contribution in [0.5, 0.6) is 0 Å². The van der Waals surface area contributed by atoms with Gasteiger partial charge >= 0.3 is 0 Å². The fourth-order valence-corrected chi connectivity index (χ4v) is 2.76. The Labute approximate surface area is 140 Å². The molecule has 1 atom stereocenters. The molecule has 1 aromatic heterocycles. The van der Waals surface area contributed by atoms with Gasteiger partial charge in [0.25, 0.3) is 5.91 Å². The van der Waals surface area contributed by atoms with Gasteiger partial charge < -0.3 is 10.2 Å². The summed E-state index contributed by atoms with van der Waals surface area (Å²) in [6.45, 7) is 1.97. The highest BCUT2D eigenvalue weighted by atomic mass is 16.5. The molecule has 6 heteroatoms. The fourth-order valence-electron chi connectivity index (χ4n) is 2.76. The average molecular weight is 324 g/mol. The molecule has 0 spiro atoms. The van der Waals surface area contributed by atoms with Gasteiger partial charge in [0.15, 0.2) is 0 Å². The number of hydrogen-bond donors (Lipinski definition) is 3. The minimum Gasteiger partial charge on any atom is -0.369 e. The van der Waals surface area contributed by atoms with Crippen LogP contribution in [0.25, 0.3) is 6.08 Å². The summed E-state index contributed by atoms with van der Waals surface area (Å²) in [6.07, 6.45) is 5.59. The Morgan fingerprint density at radius 1 is 1.25 bits per heavy atom. The lowest BCUT2D eigenvalue weighted by Gasteiger charge is -2.19. The summed E-state index contributed by atoms with van der Waals surface area (Å²) in [7, 11) is 0. The molecule has 0 aliphatic carbocycles. The number of amides is 1. The van der Waals surface area contributed by atoms with E-state index in [-0.39, 0.29) is 0 Å². The number of nitrogens with zero attached hydrogens (tertiary/aromatic N) is 2. The number of pyridine rings is 1. The van der Waals surface area contributed by atoms with E-state index in [4.69, 9.17) is 5.21 Å². The van der Waals surface area contributed by atoms with E-state index in [0.717, 1.165) is 30.9 Å². The molecule has 0 unspecified atom stereocenters. The van der Waals surface area contributed by atoms with Crippen LogP contribution in [0, 0.1) is 0 Å². The van der Waals surface area contributed by atoms with E-state index in [1.165, 1.54) is 11.8 Å². The molecular weight excluding hydrogens is 304 g/mol. The summed E-state index contributed by atoms with van der Waals surface area (Å²) < 4.78 is 0. The van der Waals surface area contributed by atoms with Gasteiger partial charge in [-0.25, -0.2) is 10.5 Å². The molecule has 1 fully saturated rings. The first-order chi connectivity index (χ1) is 11.7. The van der Waals surface area contributed by atoms with Crippen molar-refractivity contribution < 1.29 is 10.0 Å². The first-order valence-electron chi connectivity index (χ1n) is 7.89. The number of carbonyl (C=O) groups excluding carboxylic acids is 1. The molecule has 3 rings (SSSR count). The van der Waals surface area contributed by atoms with Gasteiger partial charge in [0.1, 0.15) is 5.82 Å². The van der Waals surface area contributed by atoms with Crippen LogP contribution < -0.4 is 15.7 Å². The lowest BCUT2D eigenvalue weighted by atomic mass is 10.2. The predicted octanol–water partition coefficient (Wildman–Crippen LogP) is 2.29. The molecule has 2 heterocycles. The maximum absolute atomic E-state index is 10.9. The number of nitrogens with one attached hydrogen (secondary N) is 2. The van der Waals surface area contributed by atoms with Crippen molar-refractivity contribution in [2.75, 3.05) is 23.3 Å². The fraction of sp³-hybridized carbons (Fsp3) is 0.222. The Balaban J connectivity index is 1.55. The Morgan fingerprint density at radius 3 is 2.79 bits per heavy atom. The topological polar surface area (TPSA) is 77.5 Å². The van der Waals surface area contributed by atoms with Crippen LogP contribution >= 0.6 is 0 Å². The van der Waals surface area contributed by atoms with E-state index in [1.807, 2.05) is 18.2 Å². The molecule has 1 saturated heterocycles. The number of benzene rings is 1. The highest BCUT2D eigenvalue weighted by Crippen LogP contribution is 2.21. The third-order valence-electron chi connectivity index (χ3n) is 3.99. The second-order valence-corrected chi connectivity index (χ2v) is 5.70. The summed E-state index contributed by atoms with van der Waals surface area (Å²) in [5.74, 6) is 0.253. The molecule has 124 valence electrons. The van der Waals surface area contributed by atoms with Crippen LogP contribution in [0.15, 0.2) is 54.7 Å². The van der Waals surface area contributed by atoms with Gasteiger partial charge in [-0.1, -0.05) is 18.2 Å². The van der Waals surface area contributed by atoms with Crippen LogP contribution in [0.4, 0.5) is 11.5 Å². The van der Waals surface area contributed by atoms with Crippen molar-refractivity contribution in [3.05, 3.63) is 60.3 Å². The maximum Gasteiger partial charge on any atom is 0.267 e. The van der Waals surface area contributed by atoms with Crippen molar-refractivity contribution in [3.63, 3.8) is 0 Å². The molecule has 1 aliphatic rings. The molecule has 2 aromatic rings. The number of para-hydroxylation sites is 1. The van der Waals surface area contributed by atoms with Gasteiger partial charge in [-0.15, -0.1) is 0 Å². The lowest BCUT2D eigenvalue weighted by molar-refractivity contribution is -0.124. The number of hydrogen-bond acceptors (Lipinski definition) is 5. The molecule has 0 bridgehead atoms. The first-order valence-corrected chi connectivity index (χ1v) is 7.89. The van der Waals surface area contributed by atoms with Gasteiger partial charge in [-0.3, -0.25) is 10.0 Å². The van der Waals surface area contributed by atoms with Crippen LogP contribution in [0.3, 0.4) is 0 Å². The van der Waals surface area contributed by atoms with E-state index < -0.39 is 5.91 Å². The number of hydroxylamine groups is 1. The van der Waals surface area contributed by atoms with E-state index in [9.17, 15) is 4.79 Å². The van der Waals surface area contributed by atoms with Gasteiger partial charge in [0.2, 0.25) is 0 Å². The molecule has 1 aromatic carbocycles. The normalized spacial score (nSPS) is 17.2. The Hall–Kier alpha value is -2.86. The quantitative estimate of drug-likeness (QED) is 0.447. The van der Waals surface area contributed by atoms with Crippen LogP contribution in [0.2, 0.25) is 0 Å². The van der Waals surface area contributed by atoms with Crippen LogP contribution in [-0.2, 0) is 4.79 Å². The molecular formula is C18H20N4O2. The Bertz CT molecular complexity index is 701. The monoisotopic (exact) mass is 324 g/mol. The summed E-state index contributed by atoms with van der Waals surface area (Å²) in [5.41, 5.74) is 3.59. The SMILES string of the molecule is O=C(C=Cc1ccc(N[C@@H]2CCN(c3ccccc3)C2)nc1)NO. The number of carbonyl (C=O) groups is 1. The smallest absolute Gasteiger partial charge is 0.267 e.